The van der Waals surface area contributed by atoms with E-state index in [0.29, 0.717) is 6.10 Å². The molecule has 58 valence electrons. The first kappa shape index (κ1) is 6.68. The Balaban J connectivity index is 1.85. The second-order valence-corrected chi connectivity index (χ2v) is 2.69. The first-order valence-corrected chi connectivity index (χ1v) is 3.83. The average molecular weight is 150 g/mol. The Morgan fingerprint density at radius 1 is 1.09 bits per heavy atom. The Hall–Kier alpha value is -1.02. The van der Waals surface area contributed by atoms with E-state index in [9.17, 15) is 0 Å². The fourth-order valence-electron chi connectivity index (χ4n) is 0.764. The largest absolute Gasteiger partial charge is 0.337 e. The van der Waals surface area contributed by atoms with E-state index in [1.165, 1.54) is 0 Å². The standard InChI is InChI=1S/C9H10O2/c1-2-4-8(5-3-1)10-11-9-6-7-9/h1-5,9H,6-7H2. The normalized spacial score (nSPS) is 16.4. The maximum Gasteiger partial charge on any atom is 0.165 e. The van der Waals surface area contributed by atoms with Gasteiger partial charge in [0, 0.05) is 0 Å². The van der Waals surface area contributed by atoms with Crippen molar-refractivity contribution in [1.29, 1.82) is 0 Å². The molecule has 1 saturated carbocycles. The van der Waals surface area contributed by atoms with Crippen molar-refractivity contribution in [2.24, 2.45) is 0 Å². The van der Waals surface area contributed by atoms with Gasteiger partial charge in [0.05, 0.1) is 0 Å². The van der Waals surface area contributed by atoms with Crippen LogP contribution in [0.15, 0.2) is 30.3 Å². The van der Waals surface area contributed by atoms with Crippen LogP contribution in [0.3, 0.4) is 0 Å². The lowest BCUT2D eigenvalue weighted by Crippen LogP contribution is -1.97. The molecule has 1 aromatic carbocycles. The van der Waals surface area contributed by atoms with E-state index in [2.05, 4.69) is 0 Å². The van der Waals surface area contributed by atoms with Crippen LogP contribution in [-0.2, 0) is 4.89 Å². The van der Waals surface area contributed by atoms with Crippen molar-refractivity contribution in [3.05, 3.63) is 30.3 Å². The zero-order chi connectivity index (χ0) is 7.52. The van der Waals surface area contributed by atoms with Crippen LogP contribution in [0.2, 0.25) is 0 Å². The summed E-state index contributed by atoms with van der Waals surface area (Å²) in [7, 11) is 0. The minimum atomic E-state index is 0.343. The van der Waals surface area contributed by atoms with Crippen LogP contribution in [0.25, 0.3) is 0 Å². The SMILES string of the molecule is c1ccc(OOC2CC2)cc1. The summed E-state index contributed by atoms with van der Waals surface area (Å²) in [4.78, 5) is 10.1. The maximum absolute atomic E-state index is 5.04. The molecule has 0 N–H and O–H groups in total. The van der Waals surface area contributed by atoms with Crippen molar-refractivity contribution in [3.8, 4) is 5.75 Å². The fraction of sp³-hybridized carbons (Fsp3) is 0.333. The molecule has 0 spiro atoms. The smallest absolute Gasteiger partial charge is 0.165 e. The molecule has 2 heteroatoms. The number of rotatable bonds is 3. The minimum Gasteiger partial charge on any atom is -0.337 e. The number of hydrogen-bond donors (Lipinski definition) is 0. The molecule has 1 aliphatic rings. The van der Waals surface area contributed by atoms with Gasteiger partial charge >= 0.3 is 0 Å². The Morgan fingerprint density at radius 2 is 1.82 bits per heavy atom. The zero-order valence-electron chi connectivity index (χ0n) is 6.19. The molecule has 0 saturated heterocycles. The van der Waals surface area contributed by atoms with E-state index in [1.54, 1.807) is 0 Å². The van der Waals surface area contributed by atoms with Gasteiger partial charge in [-0.05, 0) is 25.0 Å². The molecule has 1 fully saturated rings. The van der Waals surface area contributed by atoms with Crippen molar-refractivity contribution < 1.29 is 9.78 Å². The van der Waals surface area contributed by atoms with Crippen molar-refractivity contribution in [2.45, 2.75) is 18.9 Å². The fourth-order valence-corrected chi connectivity index (χ4v) is 0.764. The summed E-state index contributed by atoms with van der Waals surface area (Å²) in [6, 6.07) is 9.55. The van der Waals surface area contributed by atoms with Crippen LogP contribution in [-0.4, -0.2) is 6.10 Å². The lowest BCUT2D eigenvalue weighted by molar-refractivity contribution is -0.217. The quantitative estimate of drug-likeness (QED) is 0.485. The first-order chi connectivity index (χ1) is 5.45. The Kier molecular flexibility index (Phi) is 1.78. The third-order valence-electron chi connectivity index (χ3n) is 1.55. The van der Waals surface area contributed by atoms with Crippen LogP contribution in [0, 0.1) is 0 Å². The molecule has 2 nitrogen and oxygen atoms in total. The molecule has 1 aliphatic carbocycles. The van der Waals surface area contributed by atoms with Crippen LogP contribution in [0.4, 0.5) is 0 Å². The Labute approximate surface area is 65.7 Å². The van der Waals surface area contributed by atoms with E-state index >= 15 is 0 Å². The molecule has 1 aromatic rings. The molecule has 0 amide bonds. The number of para-hydroxylation sites is 1. The van der Waals surface area contributed by atoms with E-state index in [1.807, 2.05) is 30.3 Å². The van der Waals surface area contributed by atoms with Crippen LogP contribution >= 0.6 is 0 Å². The molecule has 0 atom stereocenters. The topological polar surface area (TPSA) is 18.5 Å². The van der Waals surface area contributed by atoms with Gasteiger partial charge in [0.1, 0.15) is 6.10 Å². The lowest BCUT2D eigenvalue weighted by Gasteiger charge is -2.01. The van der Waals surface area contributed by atoms with Gasteiger partial charge in [-0.25, -0.2) is 0 Å². The molecule has 0 heterocycles. The van der Waals surface area contributed by atoms with E-state index in [4.69, 9.17) is 9.78 Å². The maximum atomic E-state index is 5.04. The first-order valence-electron chi connectivity index (χ1n) is 3.83. The third-order valence-corrected chi connectivity index (χ3v) is 1.55. The second-order valence-electron chi connectivity index (χ2n) is 2.69. The van der Waals surface area contributed by atoms with Crippen LogP contribution < -0.4 is 4.89 Å². The van der Waals surface area contributed by atoms with Gasteiger partial charge in [-0.3, -0.25) is 0 Å². The van der Waals surface area contributed by atoms with Gasteiger partial charge in [0.25, 0.3) is 0 Å². The summed E-state index contributed by atoms with van der Waals surface area (Å²) >= 11 is 0. The molecule has 11 heavy (non-hydrogen) atoms. The highest BCUT2D eigenvalue weighted by Gasteiger charge is 2.24. The molecular weight excluding hydrogens is 140 g/mol. The van der Waals surface area contributed by atoms with Gasteiger partial charge in [0.15, 0.2) is 5.75 Å². The monoisotopic (exact) mass is 150 g/mol. The van der Waals surface area contributed by atoms with Gasteiger partial charge in [0.2, 0.25) is 0 Å². The molecule has 0 aromatic heterocycles. The highest BCUT2D eigenvalue weighted by molar-refractivity contribution is 5.20. The van der Waals surface area contributed by atoms with Crippen molar-refractivity contribution in [2.75, 3.05) is 0 Å². The predicted molar refractivity (Wildman–Crippen MR) is 41.2 cm³/mol. The number of hydrogen-bond acceptors (Lipinski definition) is 2. The summed E-state index contributed by atoms with van der Waals surface area (Å²) in [5.74, 6) is 0.777. The molecular formula is C9H10O2. The van der Waals surface area contributed by atoms with E-state index in [0.717, 1.165) is 18.6 Å². The van der Waals surface area contributed by atoms with Crippen LogP contribution in [0.5, 0.6) is 5.75 Å². The molecule has 0 aliphatic heterocycles. The summed E-state index contributed by atoms with van der Waals surface area (Å²) < 4.78 is 0. The van der Waals surface area contributed by atoms with E-state index in [-0.39, 0.29) is 0 Å². The highest BCUT2D eigenvalue weighted by Crippen LogP contribution is 2.24. The van der Waals surface area contributed by atoms with Gasteiger partial charge < -0.3 is 4.89 Å². The molecule has 0 unspecified atom stereocenters. The Morgan fingerprint density at radius 3 is 2.45 bits per heavy atom. The predicted octanol–water partition coefficient (Wildman–Crippen LogP) is 2.16. The van der Waals surface area contributed by atoms with Gasteiger partial charge in [-0.2, -0.15) is 4.89 Å². The van der Waals surface area contributed by atoms with Crippen molar-refractivity contribution in [1.82, 2.24) is 0 Å². The Bertz CT molecular complexity index is 216. The average Bonchev–Trinajstić information content (AvgIpc) is 2.86. The lowest BCUT2D eigenvalue weighted by atomic mass is 10.3. The zero-order valence-corrected chi connectivity index (χ0v) is 6.19. The van der Waals surface area contributed by atoms with Crippen molar-refractivity contribution >= 4 is 0 Å². The molecule has 2 rings (SSSR count). The summed E-state index contributed by atoms with van der Waals surface area (Å²) in [5.41, 5.74) is 0. The van der Waals surface area contributed by atoms with E-state index < -0.39 is 0 Å². The third kappa shape index (κ3) is 1.95. The second kappa shape index (κ2) is 2.93. The van der Waals surface area contributed by atoms with Crippen LogP contribution in [0.1, 0.15) is 12.8 Å². The minimum absolute atomic E-state index is 0.343. The summed E-state index contributed by atoms with van der Waals surface area (Å²) in [6.07, 6.45) is 2.61. The number of benzene rings is 1. The van der Waals surface area contributed by atoms with Gasteiger partial charge in [-0.1, -0.05) is 18.2 Å². The summed E-state index contributed by atoms with van der Waals surface area (Å²) in [5, 5.41) is 0. The summed E-state index contributed by atoms with van der Waals surface area (Å²) in [6.45, 7) is 0. The highest BCUT2D eigenvalue weighted by atomic mass is 17.2. The van der Waals surface area contributed by atoms with Crippen molar-refractivity contribution in [3.63, 3.8) is 0 Å². The van der Waals surface area contributed by atoms with Gasteiger partial charge in [-0.15, -0.1) is 0 Å². The molecule has 0 bridgehead atoms. The molecule has 0 radical (unpaired) electrons.